The van der Waals surface area contributed by atoms with Crippen molar-refractivity contribution in [3.05, 3.63) is 17.1 Å². The Hall–Kier alpha value is -2.69. The standard InChI is InChI=1S/C15H17N7O3S/c1-3-24-14(23)10-7(2)25-13-11(10)12(16)17-9(18-13)6-26-15-19-20-21-22(15)8-4-5-8/h8H,3-6H2,1-2H3,(H2,16,17,18). The zero-order valence-electron chi connectivity index (χ0n) is 14.3. The van der Waals surface area contributed by atoms with Crippen molar-refractivity contribution >= 4 is 34.6 Å². The number of esters is 1. The Balaban J connectivity index is 1.61. The van der Waals surface area contributed by atoms with Crippen molar-refractivity contribution in [2.75, 3.05) is 12.3 Å². The van der Waals surface area contributed by atoms with Gasteiger partial charge in [0.2, 0.25) is 10.9 Å². The Morgan fingerprint density at radius 2 is 2.23 bits per heavy atom. The number of nitrogens with zero attached hydrogens (tertiary/aromatic N) is 6. The summed E-state index contributed by atoms with van der Waals surface area (Å²) in [6, 6.07) is 0.390. The van der Waals surface area contributed by atoms with E-state index in [-0.39, 0.29) is 23.7 Å². The number of anilines is 1. The van der Waals surface area contributed by atoms with Crippen LogP contribution in [0.15, 0.2) is 9.57 Å². The smallest absolute Gasteiger partial charge is 0.342 e. The molecule has 10 nitrogen and oxygen atoms in total. The molecule has 136 valence electrons. The Bertz CT molecular complexity index is 979. The van der Waals surface area contributed by atoms with Gasteiger partial charge in [0.1, 0.15) is 23.0 Å². The highest BCUT2D eigenvalue weighted by Gasteiger charge is 2.28. The van der Waals surface area contributed by atoms with Crippen LogP contribution in [0, 0.1) is 6.92 Å². The van der Waals surface area contributed by atoms with E-state index in [9.17, 15) is 4.79 Å². The number of furan rings is 1. The number of ether oxygens (including phenoxy) is 1. The molecule has 0 radical (unpaired) electrons. The van der Waals surface area contributed by atoms with Gasteiger partial charge in [0.05, 0.1) is 23.8 Å². The Morgan fingerprint density at radius 1 is 1.42 bits per heavy atom. The molecular weight excluding hydrogens is 358 g/mol. The number of aryl methyl sites for hydroxylation is 1. The minimum atomic E-state index is -0.496. The molecule has 0 aromatic carbocycles. The molecule has 1 aliphatic carbocycles. The van der Waals surface area contributed by atoms with Gasteiger partial charge in [0.15, 0.2) is 0 Å². The molecule has 4 rings (SSSR count). The third-order valence-corrected chi connectivity index (χ3v) is 4.90. The highest BCUT2D eigenvalue weighted by Crippen LogP contribution is 2.37. The molecular formula is C15H17N7O3S. The summed E-state index contributed by atoms with van der Waals surface area (Å²) in [5.74, 6) is 1.01. The minimum Gasteiger partial charge on any atom is -0.462 e. The minimum absolute atomic E-state index is 0.187. The van der Waals surface area contributed by atoms with E-state index in [1.165, 1.54) is 11.8 Å². The van der Waals surface area contributed by atoms with E-state index in [1.807, 2.05) is 4.68 Å². The van der Waals surface area contributed by atoms with E-state index in [1.54, 1.807) is 13.8 Å². The predicted molar refractivity (Wildman–Crippen MR) is 92.6 cm³/mol. The molecule has 0 saturated heterocycles. The van der Waals surface area contributed by atoms with E-state index in [0.29, 0.717) is 28.8 Å². The van der Waals surface area contributed by atoms with Crippen LogP contribution in [0.3, 0.4) is 0 Å². The van der Waals surface area contributed by atoms with Crippen LogP contribution >= 0.6 is 11.8 Å². The summed E-state index contributed by atoms with van der Waals surface area (Å²) in [5, 5.41) is 12.9. The van der Waals surface area contributed by atoms with Gasteiger partial charge in [0.25, 0.3) is 0 Å². The maximum absolute atomic E-state index is 12.1. The van der Waals surface area contributed by atoms with Crippen LogP contribution in [0.2, 0.25) is 0 Å². The van der Waals surface area contributed by atoms with Gasteiger partial charge >= 0.3 is 5.97 Å². The monoisotopic (exact) mass is 375 g/mol. The normalized spacial score (nSPS) is 14.1. The quantitative estimate of drug-likeness (QED) is 0.502. The van der Waals surface area contributed by atoms with E-state index < -0.39 is 5.97 Å². The molecule has 3 aromatic heterocycles. The van der Waals surface area contributed by atoms with Gasteiger partial charge in [-0.3, -0.25) is 0 Å². The summed E-state index contributed by atoms with van der Waals surface area (Å²) in [7, 11) is 0. The molecule has 11 heteroatoms. The zero-order valence-corrected chi connectivity index (χ0v) is 15.1. The van der Waals surface area contributed by atoms with Crippen molar-refractivity contribution < 1.29 is 13.9 Å². The highest BCUT2D eigenvalue weighted by molar-refractivity contribution is 7.98. The molecule has 1 saturated carbocycles. The van der Waals surface area contributed by atoms with E-state index in [0.717, 1.165) is 18.0 Å². The lowest BCUT2D eigenvalue weighted by Gasteiger charge is -2.04. The molecule has 0 spiro atoms. The average molecular weight is 375 g/mol. The third kappa shape index (κ3) is 2.98. The fraction of sp³-hybridized carbons (Fsp3) is 0.467. The van der Waals surface area contributed by atoms with Crippen molar-refractivity contribution in [3.63, 3.8) is 0 Å². The van der Waals surface area contributed by atoms with Crippen molar-refractivity contribution in [1.29, 1.82) is 0 Å². The van der Waals surface area contributed by atoms with Crippen molar-refractivity contribution in [3.8, 4) is 0 Å². The molecule has 3 heterocycles. The van der Waals surface area contributed by atoms with Gasteiger partial charge in [-0.25, -0.2) is 14.5 Å². The molecule has 26 heavy (non-hydrogen) atoms. The number of rotatable bonds is 6. The van der Waals surface area contributed by atoms with Gasteiger partial charge in [-0.15, -0.1) is 5.10 Å². The van der Waals surface area contributed by atoms with E-state index in [4.69, 9.17) is 14.9 Å². The van der Waals surface area contributed by atoms with Gasteiger partial charge in [-0.05, 0) is 37.1 Å². The molecule has 0 unspecified atom stereocenters. The number of carbonyl (C=O) groups is 1. The van der Waals surface area contributed by atoms with Crippen LogP contribution in [0.5, 0.6) is 0 Å². The maximum atomic E-state index is 12.1. The number of hydrogen-bond donors (Lipinski definition) is 1. The number of hydrogen-bond acceptors (Lipinski definition) is 10. The van der Waals surface area contributed by atoms with Crippen LogP contribution in [0.1, 0.15) is 47.7 Å². The van der Waals surface area contributed by atoms with Crippen LogP contribution in [-0.2, 0) is 10.5 Å². The highest BCUT2D eigenvalue weighted by atomic mass is 32.2. The summed E-state index contributed by atoms with van der Waals surface area (Å²) in [6.45, 7) is 3.67. The lowest BCUT2D eigenvalue weighted by Crippen LogP contribution is -2.07. The second-order valence-corrected chi connectivity index (χ2v) is 6.83. The lowest BCUT2D eigenvalue weighted by atomic mass is 10.2. The first-order valence-corrected chi connectivity index (χ1v) is 9.20. The Kier molecular flexibility index (Phi) is 4.23. The van der Waals surface area contributed by atoms with Crippen LogP contribution in [0.25, 0.3) is 11.1 Å². The number of nitrogens with two attached hydrogens (primary N) is 1. The summed E-state index contributed by atoms with van der Waals surface area (Å²) in [6.07, 6.45) is 2.19. The first-order chi connectivity index (χ1) is 12.6. The summed E-state index contributed by atoms with van der Waals surface area (Å²) in [4.78, 5) is 20.8. The summed E-state index contributed by atoms with van der Waals surface area (Å²) >= 11 is 1.43. The molecule has 0 atom stereocenters. The Labute approximate surface area is 152 Å². The number of carbonyl (C=O) groups excluding carboxylic acids is 1. The lowest BCUT2D eigenvalue weighted by molar-refractivity contribution is 0.0526. The van der Waals surface area contributed by atoms with E-state index >= 15 is 0 Å². The SMILES string of the molecule is CCOC(=O)c1c(C)oc2nc(CSc3nnnn3C3CC3)nc(N)c12. The average Bonchev–Trinajstić information content (AvgIpc) is 3.23. The maximum Gasteiger partial charge on any atom is 0.342 e. The van der Waals surface area contributed by atoms with Crippen molar-refractivity contribution in [2.45, 2.75) is 43.6 Å². The fourth-order valence-corrected chi connectivity index (χ4v) is 3.45. The van der Waals surface area contributed by atoms with Crippen LogP contribution in [0.4, 0.5) is 5.82 Å². The molecule has 0 bridgehead atoms. The first kappa shape index (κ1) is 16.8. The number of tetrazole rings is 1. The van der Waals surface area contributed by atoms with Crippen LogP contribution < -0.4 is 5.73 Å². The van der Waals surface area contributed by atoms with Gasteiger partial charge in [0, 0.05) is 0 Å². The molecule has 3 aromatic rings. The number of fused-ring (bicyclic) bond motifs is 1. The Morgan fingerprint density at radius 3 is 2.96 bits per heavy atom. The number of aromatic nitrogens is 6. The van der Waals surface area contributed by atoms with Gasteiger partial charge in [-0.2, -0.15) is 4.98 Å². The number of nitrogen functional groups attached to an aromatic ring is 1. The predicted octanol–water partition coefficient (Wildman–Crippen LogP) is 1.90. The molecule has 0 amide bonds. The topological polar surface area (TPSA) is 135 Å². The largest absolute Gasteiger partial charge is 0.462 e. The van der Waals surface area contributed by atoms with Crippen molar-refractivity contribution in [1.82, 2.24) is 30.2 Å². The number of thioether (sulfide) groups is 1. The van der Waals surface area contributed by atoms with Gasteiger partial charge in [-0.1, -0.05) is 11.8 Å². The van der Waals surface area contributed by atoms with Crippen LogP contribution in [-0.4, -0.2) is 42.8 Å². The molecule has 1 aliphatic rings. The molecule has 2 N–H and O–H groups in total. The summed E-state index contributed by atoms with van der Waals surface area (Å²) < 4.78 is 12.5. The first-order valence-electron chi connectivity index (χ1n) is 8.21. The molecule has 0 aliphatic heterocycles. The third-order valence-electron chi connectivity index (χ3n) is 3.97. The molecule has 1 fully saturated rings. The summed E-state index contributed by atoms with van der Waals surface area (Å²) in [5.41, 5.74) is 6.62. The van der Waals surface area contributed by atoms with Crippen molar-refractivity contribution in [2.24, 2.45) is 0 Å². The van der Waals surface area contributed by atoms with E-state index in [2.05, 4.69) is 25.5 Å². The second kappa shape index (κ2) is 6.56. The van der Waals surface area contributed by atoms with Gasteiger partial charge < -0.3 is 14.9 Å². The fourth-order valence-electron chi connectivity index (χ4n) is 2.66. The second-order valence-electron chi connectivity index (χ2n) is 5.88. The zero-order chi connectivity index (χ0) is 18.3.